The highest BCUT2D eigenvalue weighted by Gasteiger charge is 2.41. The molecule has 1 aromatic heterocycles. The topological polar surface area (TPSA) is 94.0 Å². The zero-order valence-electron chi connectivity index (χ0n) is 12.1. The van der Waals surface area contributed by atoms with Crippen LogP contribution in [0.1, 0.15) is 33.5 Å². The fourth-order valence-corrected chi connectivity index (χ4v) is 2.13. The molecule has 0 bridgehead atoms. The summed E-state index contributed by atoms with van der Waals surface area (Å²) in [6.45, 7) is 8.75. The smallest absolute Gasteiger partial charge is 0.311 e. The minimum Gasteiger partial charge on any atom is -0.481 e. The van der Waals surface area contributed by atoms with Crippen LogP contribution >= 0.6 is 0 Å². The molecule has 0 aliphatic carbocycles. The molecule has 3 N–H and O–H groups in total. The number of carbonyl (C=O) groups is 1. The first-order chi connectivity index (χ1) is 8.83. The van der Waals surface area contributed by atoms with Crippen LogP contribution in [0, 0.1) is 17.3 Å². The van der Waals surface area contributed by atoms with E-state index in [0.717, 1.165) is 6.54 Å². The number of nitrogens with two attached hydrogens (primary N) is 1. The van der Waals surface area contributed by atoms with Crippen molar-refractivity contribution in [1.82, 2.24) is 14.8 Å². The van der Waals surface area contributed by atoms with Gasteiger partial charge in [0.15, 0.2) is 0 Å². The van der Waals surface area contributed by atoms with Gasteiger partial charge in [-0.1, -0.05) is 27.7 Å². The van der Waals surface area contributed by atoms with Crippen LogP contribution in [-0.2, 0) is 17.8 Å². The van der Waals surface area contributed by atoms with Crippen LogP contribution < -0.4 is 5.73 Å². The summed E-state index contributed by atoms with van der Waals surface area (Å²) >= 11 is 0. The van der Waals surface area contributed by atoms with Crippen molar-refractivity contribution in [3.8, 4) is 0 Å². The number of hydrogen-bond acceptors (Lipinski definition) is 4. The standard InChI is InChI=1S/C13H24N4O2/c1-9(2)6-17-11(15-8-16-17)5-13(7-14,10(3)4)12(18)19/h8-10H,5-7,14H2,1-4H3,(H,18,19). The molecule has 108 valence electrons. The monoisotopic (exact) mass is 268 g/mol. The molecule has 0 amide bonds. The Hall–Kier alpha value is -1.43. The van der Waals surface area contributed by atoms with Gasteiger partial charge < -0.3 is 10.8 Å². The van der Waals surface area contributed by atoms with Gasteiger partial charge >= 0.3 is 5.97 Å². The molecule has 1 aromatic rings. The zero-order valence-corrected chi connectivity index (χ0v) is 12.1. The van der Waals surface area contributed by atoms with Gasteiger partial charge in [-0.25, -0.2) is 9.67 Å². The molecule has 19 heavy (non-hydrogen) atoms. The Labute approximate surface area is 114 Å². The van der Waals surface area contributed by atoms with Gasteiger partial charge in [-0.05, 0) is 11.8 Å². The molecule has 0 aliphatic heterocycles. The van der Waals surface area contributed by atoms with Gasteiger partial charge in [0, 0.05) is 19.5 Å². The van der Waals surface area contributed by atoms with E-state index < -0.39 is 11.4 Å². The first kappa shape index (κ1) is 15.6. The van der Waals surface area contributed by atoms with E-state index in [0.29, 0.717) is 18.2 Å². The van der Waals surface area contributed by atoms with Crippen molar-refractivity contribution in [2.45, 2.75) is 40.7 Å². The van der Waals surface area contributed by atoms with E-state index in [4.69, 9.17) is 5.73 Å². The first-order valence-electron chi connectivity index (χ1n) is 6.63. The molecular formula is C13H24N4O2. The van der Waals surface area contributed by atoms with Crippen LogP contribution in [0.4, 0.5) is 0 Å². The summed E-state index contributed by atoms with van der Waals surface area (Å²) in [5, 5.41) is 13.7. The molecule has 0 saturated carbocycles. The van der Waals surface area contributed by atoms with E-state index in [9.17, 15) is 9.90 Å². The summed E-state index contributed by atoms with van der Waals surface area (Å²) in [6.07, 6.45) is 1.78. The van der Waals surface area contributed by atoms with Gasteiger partial charge in [0.25, 0.3) is 0 Å². The normalized spacial score (nSPS) is 14.9. The number of aliphatic carboxylic acids is 1. The second kappa shape index (κ2) is 6.14. The second-order valence-corrected chi connectivity index (χ2v) is 5.75. The lowest BCUT2D eigenvalue weighted by Gasteiger charge is -2.31. The van der Waals surface area contributed by atoms with Gasteiger partial charge in [0.1, 0.15) is 12.2 Å². The Morgan fingerprint density at radius 1 is 1.47 bits per heavy atom. The van der Waals surface area contributed by atoms with E-state index in [2.05, 4.69) is 23.9 Å². The third kappa shape index (κ3) is 3.32. The highest BCUT2D eigenvalue weighted by molar-refractivity contribution is 5.75. The van der Waals surface area contributed by atoms with Crippen molar-refractivity contribution < 1.29 is 9.90 Å². The molecule has 0 aliphatic rings. The summed E-state index contributed by atoms with van der Waals surface area (Å²) in [5.41, 5.74) is 4.75. The lowest BCUT2D eigenvalue weighted by molar-refractivity contribution is -0.151. The maximum atomic E-state index is 11.6. The number of carboxylic acid groups (broad SMARTS) is 1. The Morgan fingerprint density at radius 2 is 2.11 bits per heavy atom. The van der Waals surface area contributed by atoms with Gasteiger partial charge in [0.2, 0.25) is 0 Å². The summed E-state index contributed by atoms with van der Waals surface area (Å²) in [6, 6.07) is 0. The molecule has 0 aromatic carbocycles. The quantitative estimate of drug-likeness (QED) is 0.774. The third-order valence-corrected chi connectivity index (χ3v) is 3.60. The van der Waals surface area contributed by atoms with Crippen molar-refractivity contribution in [3.63, 3.8) is 0 Å². The molecule has 0 fully saturated rings. The minimum absolute atomic E-state index is 0.0702. The zero-order chi connectivity index (χ0) is 14.6. The summed E-state index contributed by atoms with van der Waals surface area (Å²) in [7, 11) is 0. The van der Waals surface area contributed by atoms with Crippen LogP contribution in [0.15, 0.2) is 6.33 Å². The highest BCUT2D eigenvalue weighted by atomic mass is 16.4. The predicted molar refractivity (Wildman–Crippen MR) is 72.5 cm³/mol. The van der Waals surface area contributed by atoms with Crippen molar-refractivity contribution in [2.75, 3.05) is 6.54 Å². The van der Waals surface area contributed by atoms with Gasteiger partial charge in [-0.2, -0.15) is 5.10 Å². The lowest BCUT2D eigenvalue weighted by Crippen LogP contribution is -2.45. The van der Waals surface area contributed by atoms with Crippen LogP contribution in [-0.4, -0.2) is 32.4 Å². The van der Waals surface area contributed by atoms with Crippen molar-refractivity contribution in [1.29, 1.82) is 0 Å². The summed E-state index contributed by atoms with van der Waals surface area (Å²) in [5.74, 6) is 0.176. The SMILES string of the molecule is CC(C)Cn1ncnc1CC(CN)(C(=O)O)C(C)C. The van der Waals surface area contributed by atoms with Crippen molar-refractivity contribution in [3.05, 3.63) is 12.2 Å². The molecule has 1 rings (SSSR count). The largest absolute Gasteiger partial charge is 0.481 e. The fourth-order valence-electron chi connectivity index (χ4n) is 2.13. The number of aromatic nitrogens is 3. The first-order valence-corrected chi connectivity index (χ1v) is 6.63. The number of carboxylic acids is 1. The van der Waals surface area contributed by atoms with E-state index in [-0.39, 0.29) is 12.5 Å². The number of nitrogens with zero attached hydrogens (tertiary/aromatic N) is 3. The molecule has 1 unspecified atom stereocenters. The van der Waals surface area contributed by atoms with Crippen LogP contribution in [0.2, 0.25) is 0 Å². The Bertz CT molecular complexity index is 428. The van der Waals surface area contributed by atoms with E-state index in [1.54, 1.807) is 4.68 Å². The summed E-state index contributed by atoms with van der Waals surface area (Å²) in [4.78, 5) is 15.8. The van der Waals surface area contributed by atoms with Gasteiger partial charge in [0.05, 0.1) is 5.41 Å². The molecule has 1 heterocycles. The number of hydrogen-bond donors (Lipinski definition) is 2. The molecule has 6 nitrogen and oxygen atoms in total. The Kier molecular flexibility index (Phi) is 5.05. The lowest BCUT2D eigenvalue weighted by atomic mass is 9.74. The fraction of sp³-hybridized carbons (Fsp3) is 0.769. The average molecular weight is 268 g/mol. The van der Waals surface area contributed by atoms with Gasteiger partial charge in [-0.15, -0.1) is 0 Å². The van der Waals surface area contributed by atoms with Crippen LogP contribution in [0.3, 0.4) is 0 Å². The molecule has 0 spiro atoms. The third-order valence-electron chi connectivity index (χ3n) is 3.60. The molecular weight excluding hydrogens is 244 g/mol. The van der Waals surface area contributed by atoms with Gasteiger partial charge in [-0.3, -0.25) is 4.79 Å². The van der Waals surface area contributed by atoms with E-state index >= 15 is 0 Å². The highest BCUT2D eigenvalue weighted by Crippen LogP contribution is 2.30. The minimum atomic E-state index is -0.984. The Balaban J connectivity index is 3.04. The molecule has 1 atom stereocenters. The van der Waals surface area contributed by atoms with E-state index in [1.807, 2.05) is 13.8 Å². The number of rotatable bonds is 7. The average Bonchev–Trinajstić information content (AvgIpc) is 2.71. The second-order valence-electron chi connectivity index (χ2n) is 5.75. The maximum Gasteiger partial charge on any atom is 0.311 e. The van der Waals surface area contributed by atoms with Crippen LogP contribution in [0.5, 0.6) is 0 Å². The summed E-state index contributed by atoms with van der Waals surface area (Å²) < 4.78 is 1.78. The molecule has 0 saturated heterocycles. The van der Waals surface area contributed by atoms with E-state index in [1.165, 1.54) is 6.33 Å². The predicted octanol–water partition coefficient (Wildman–Crippen LogP) is 1.16. The maximum absolute atomic E-state index is 11.6. The van der Waals surface area contributed by atoms with Crippen LogP contribution in [0.25, 0.3) is 0 Å². The Morgan fingerprint density at radius 3 is 2.53 bits per heavy atom. The molecule has 6 heteroatoms. The molecule has 0 radical (unpaired) electrons. The van der Waals surface area contributed by atoms with Crippen molar-refractivity contribution >= 4 is 5.97 Å². The van der Waals surface area contributed by atoms with Crippen molar-refractivity contribution in [2.24, 2.45) is 23.0 Å².